The molecule has 0 aliphatic carbocycles. The number of rotatable bonds is 7. The Morgan fingerprint density at radius 2 is 1.94 bits per heavy atom. The summed E-state index contributed by atoms with van der Waals surface area (Å²) in [6.45, 7) is 3.76. The highest BCUT2D eigenvalue weighted by Gasteiger charge is 2.10. The summed E-state index contributed by atoms with van der Waals surface area (Å²) in [4.78, 5) is 11.7. The van der Waals surface area contributed by atoms with Crippen molar-refractivity contribution in [1.29, 1.82) is 0 Å². The Labute approximate surface area is 117 Å². The number of amides is 1. The first kappa shape index (κ1) is 15.2. The maximum absolute atomic E-state index is 11.7. The SMILES string of the molecule is CNCCCNC(=O)CC(C)c1ccc(Br)cc1. The lowest BCUT2D eigenvalue weighted by atomic mass is 9.97. The number of hydrogen-bond donors (Lipinski definition) is 2. The van der Waals surface area contributed by atoms with Gasteiger partial charge in [-0.25, -0.2) is 0 Å². The van der Waals surface area contributed by atoms with Crippen LogP contribution in [0.3, 0.4) is 0 Å². The summed E-state index contributed by atoms with van der Waals surface area (Å²) in [6.07, 6.45) is 1.51. The summed E-state index contributed by atoms with van der Waals surface area (Å²) in [6, 6.07) is 8.14. The Bertz CT molecular complexity index is 365. The van der Waals surface area contributed by atoms with Gasteiger partial charge in [0.25, 0.3) is 0 Å². The largest absolute Gasteiger partial charge is 0.356 e. The molecule has 0 aliphatic heterocycles. The molecule has 0 fully saturated rings. The molecule has 0 saturated carbocycles. The molecule has 3 nitrogen and oxygen atoms in total. The molecule has 0 spiro atoms. The van der Waals surface area contributed by atoms with Crippen molar-refractivity contribution < 1.29 is 4.79 Å². The van der Waals surface area contributed by atoms with Crippen molar-refractivity contribution in [2.75, 3.05) is 20.1 Å². The van der Waals surface area contributed by atoms with E-state index in [1.165, 1.54) is 5.56 Å². The van der Waals surface area contributed by atoms with E-state index in [4.69, 9.17) is 0 Å². The molecule has 1 aromatic rings. The number of hydrogen-bond acceptors (Lipinski definition) is 2. The van der Waals surface area contributed by atoms with E-state index in [0.29, 0.717) is 6.42 Å². The van der Waals surface area contributed by atoms with Crippen LogP contribution in [-0.4, -0.2) is 26.0 Å². The second kappa shape index (κ2) is 8.27. The molecule has 18 heavy (non-hydrogen) atoms. The maximum atomic E-state index is 11.7. The quantitative estimate of drug-likeness (QED) is 0.760. The molecule has 0 radical (unpaired) electrons. The fourth-order valence-electron chi connectivity index (χ4n) is 1.75. The maximum Gasteiger partial charge on any atom is 0.220 e. The summed E-state index contributed by atoms with van der Waals surface area (Å²) in [7, 11) is 1.91. The lowest BCUT2D eigenvalue weighted by molar-refractivity contribution is -0.121. The van der Waals surface area contributed by atoms with Crippen LogP contribution >= 0.6 is 15.9 Å². The number of halogens is 1. The number of carbonyl (C=O) groups is 1. The highest BCUT2D eigenvalue weighted by atomic mass is 79.9. The van der Waals surface area contributed by atoms with Crippen LogP contribution in [0.1, 0.15) is 31.2 Å². The number of benzene rings is 1. The summed E-state index contributed by atoms with van der Waals surface area (Å²) >= 11 is 3.41. The van der Waals surface area contributed by atoms with Crippen molar-refractivity contribution in [3.05, 3.63) is 34.3 Å². The second-order valence-corrected chi connectivity index (χ2v) is 5.38. The summed E-state index contributed by atoms with van der Waals surface area (Å²) < 4.78 is 1.06. The predicted molar refractivity (Wildman–Crippen MR) is 78.7 cm³/mol. The minimum absolute atomic E-state index is 0.126. The standard InChI is InChI=1S/C14H21BrN2O/c1-11(12-4-6-13(15)7-5-12)10-14(18)17-9-3-8-16-2/h4-7,11,16H,3,8-10H2,1-2H3,(H,17,18). The van der Waals surface area contributed by atoms with Crippen molar-refractivity contribution in [3.63, 3.8) is 0 Å². The molecule has 2 N–H and O–H groups in total. The zero-order valence-corrected chi connectivity index (χ0v) is 12.6. The number of carbonyl (C=O) groups excluding carboxylic acids is 1. The van der Waals surface area contributed by atoms with Crippen LogP contribution in [0.25, 0.3) is 0 Å². The Morgan fingerprint density at radius 1 is 1.28 bits per heavy atom. The zero-order chi connectivity index (χ0) is 13.4. The first-order chi connectivity index (χ1) is 8.63. The zero-order valence-electron chi connectivity index (χ0n) is 11.0. The van der Waals surface area contributed by atoms with Gasteiger partial charge in [0.05, 0.1) is 0 Å². The molecule has 0 bridgehead atoms. The average molecular weight is 313 g/mol. The molecule has 0 aliphatic rings. The Balaban J connectivity index is 2.33. The monoisotopic (exact) mass is 312 g/mol. The minimum atomic E-state index is 0.126. The molecular formula is C14H21BrN2O. The average Bonchev–Trinajstić information content (AvgIpc) is 2.35. The molecule has 0 aromatic heterocycles. The highest BCUT2D eigenvalue weighted by Crippen LogP contribution is 2.20. The van der Waals surface area contributed by atoms with Gasteiger partial charge in [-0.1, -0.05) is 35.0 Å². The molecule has 1 atom stereocenters. The van der Waals surface area contributed by atoms with Crippen LogP contribution in [0.15, 0.2) is 28.7 Å². The molecule has 0 heterocycles. The van der Waals surface area contributed by atoms with Gasteiger partial charge < -0.3 is 10.6 Å². The van der Waals surface area contributed by atoms with Gasteiger partial charge in [0, 0.05) is 17.4 Å². The van der Waals surface area contributed by atoms with Crippen molar-refractivity contribution in [1.82, 2.24) is 10.6 Å². The summed E-state index contributed by atoms with van der Waals surface area (Å²) in [5.41, 5.74) is 1.20. The smallest absolute Gasteiger partial charge is 0.220 e. The van der Waals surface area contributed by atoms with Gasteiger partial charge >= 0.3 is 0 Å². The summed E-state index contributed by atoms with van der Waals surface area (Å²) in [5.74, 6) is 0.379. The minimum Gasteiger partial charge on any atom is -0.356 e. The van der Waals surface area contributed by atoms with Gasteiger partial charge in [-0.3, -0.25) is 4.79 Å². The van der Waals surface area contributed by atoms with Gasteiger partial charge in [0.15, 0.2) is 0 Å². The first-order valence-corrected chi connectivity index (χ1v) is 7.09. The van der Waals surface area contributed by atoms with Crippen LogP contribution < -0.4 is 10.6 Å². The molecule has 100 valence electrons. The fraction of sp³-hybridized carbons (Fsp3) is 0.500. The molecule has 4 heteroatoms. The van der Waals surface area contributed by atoms with Gasteiger partial charge in [0.1, 0.15) is 0 Å². The van der Waals surface area contributed by atoms with Gasteiger partial charge in [-0.15, -0.1) is 0 Å². The topological polar surface area (TPSA) is 41.1 Å². The molecule has 0 saturated heterocycles. The van der Waals surface area contributed by atoms with E-state index < -0.39 is 0 Å². The van der Waals surface area contributed by atoms with Gasteiger partial charge in [-0.2, -0.15) is 0 Å². The lowest BCUT2D eigenvalue weighted by Crippen LogP contribution is -2.27. The van der Waals surface area contributed by atoms with E-state index in [1.54, 1.807) is 0 Å². The second-order valence-electron chi connectivity index (χ2n) is 4.46. The lowest BCUT2D eigenvalue weighted by Gasteiger charge is -2.12. The van der Waals surface area contributed by atoms with Gasteiger partial charge in [0.2, 0.25) is 5.91 Å². The van der Waals surface area contributed by atoms with Crippen LogP contribution in [0.5, 0.6) is 0 Å². The molecule has 1 aromatic carbocycles. The first-order valence-electron chi connectivity index (χ1n) is 6.30. The third-order valence-corrected chi connectivity index (χ3v) is 3.39. The molecule has 1 unspecified atom stereocenters. The third kappa shape index (κ3) is 5.65. The Hall–Kier alpha value is -0.870. The van der Waals surface area contributed by atoms with E-state index in [0.717, 1.165) is 24.0 Å². The van der Waals surface area contributed by atoms with E-state index in [-0.39, 0.29) is 11.8 Å². The number of nitrogens with one attached hydrogen (secondary N) is 2. The van der Waals surface area contributed by atoms with Crippen LogP contribution in [-0.2, 0) is 4.79 Å². The van der Waals surface area contributed by atoms with Crippen molar-refractivity contribution in [2.45, 2.75) is 25.7 Å². The van der Waals surface area contributed by atoms with Crippen molar-refractivity contribution in [2.24, 2.45) is 0 Å². The van der Waals surface area contributed by atoms with Crippen LogP contribution in [0, 0.1) is 0 Å². The Morgan fingerprint density at radius 3 is 2.56 bits per heavy atom. The van der Waals surface area contributed by atoms with Gasteiger partial charge in [-0.05, 0) is 43.6 Å². The molecule has 1 rings (SSSR count). The van der Waals surface area contributed by atoms with Crippen molar-refractivity contribution in [3.8, 4) is 0 Å². The third-order valence-electron chi connectivity index (χ3n) is 2.86. The predicted octanol–water partition coefficient (Wildman–Crippen LogP) is 2.67. The van der Waals surface area contributed by atoms with E-state index in [1.807, 2.05) is 19.2 Å². The highest BCUT2D eigenvalue weighted by molar-refractivity contribution is 9.10. The van der Waals surface area contributed by atoms with E-state index >= 15 is 0 Å². The van der Waals surface area contributed by atoms with Crippen molar-refractivity contribution >= 4 is 21.8 Å². The Kier molecular flexibility index (Phi) is 6.98. The molecular weight excluding hydrogens is 292 g/mol. The fourth-order valence-corrected chi connectivity index (χ4v) is 2.02. The van der Waals surface area contributed by atoms with E-state index in [9.17, 15) is 4.79 Å². The normalized spacial score (nSPS) is 12.2. The molecule has 1 amide bonds. The van der Waals surface area contributed by atoms with Crippen LogP contribution in [0.4, 0.5) is 0 Å². The van der Waals surface area contributed by atoms with Crippen LogP contribution in [0.2, 0.25) is 0 Å². The summed E-state index contributed by atoms with van der Waals surface area (Å²) in [5, 5.41) is 6.00. The van der Waals surface area contributed by atoms with E-state index in [2.05, 4.69) is 45.6 Å².